The molecule has 7 heteroatoms. The van der Waals surface area contributed by atoms with Crippen LogP contribution in [0.15, 0.2) is 0 Å². The largest absolute Gasteiger partial charge is 0.393 e. The van der Waals surface area contributed by atoms with Crippen molar-refractivity contribution in [3.63, 3.8) is 0 Å². The minimum atomic E-state index is -1.34. The summed E-state index contributed by atoms with van der Waals surface area (Å²) in [4.78, 5) is 0. The fourth-order valence-electron chi connectivity index (χ4n) is 2.35. The van der Waals surface area contributed by atoms with E-state index in [4.69, 9.17) is 9.84 Å². The molecule has 1 aliphatic heterocycles. The Bertz CT molecular complexity index is 273. The molecule has 0 unspecified atom stereocenters. The van der Waals surface area contributed by atoms with Gasteiger partial charge in [0.2, 0.25) is 0 Å². The van der Waals surface area contributed by atoms with Gasteiger partial charge < -0.3 is 35.4 Å². The van der Waals surface area contributed by atoms with Gasteiger partial charge in [0.05, 0.1) is 24.4 Å². The van der Waals surface area contributed by atoms with Gasteiger partial charge in [-0.15, -0.1) is 0 Å². The molecule has 0 radical (unpaired) electrons. The van der Waals surface area contributed by atoms with Crippen molar-refractivity contribution in [3.8, 4) is 0 Å². The van der Waals surface area contributed by atoms with E-state index in [-0.39, 0.29) is 12.8 Å². The first-order chi connectivity index (χ1) is 8.73. The first-order valence-corrected chi connectivity index (χ1v) is 6.47. The second-order valence-electron chi connectivity index (χ2n) is 5.30. The summed E-state index contributed by atoms with van der Waals surface area (Å²) in [6.07, 6.45) is -7.58. The van der Waals surface area contributed by atoms with E-state index in [1.54, 1.807) is 6.92 Å². The number of hydrogen-bond acceptors (Lipinski definition) is 7. The van der Waals surface area contributed by atoms with Crippen molar-refractivity contribution in [1.82, 2.24) is 0 Å². The zero-order valence-corrected chi connectivity index (χ0v) is 11.1. The van der Waals surface area contributed by atoms with Crippen LogP contribution in [0, 0.1) is 5.92 Å². The van der Waals surface area contributed by atoms with Gasteiger partial charge in [-0.3, -0.25) is 0 Å². The van der Waals surface area contributed by atoms with Crippen LogP contribution >= 0.6 is 0 Å². The van der Waals surface area contributed by atoms with Crippen molar-refractivity contribution in [3.05, 3.63) is 0 Å². The van der Waals surface area contributed by atoms with Gasteiger partial charge in [-0.05, 0) is 20.3 Å². The number of rotatable bonds is 5. The lowest BCUT2D eigenvalue weighted by Gasteiger charge is -2.38. The Morgan fingerprint density at radius 2 is 1.74 bits per heavy atom. The van der Waals surface area contributed by atoms with Gasteiger partial charge >= 0.3 is 0 Å². The van der Waals surface area contributed by atoms with Crippen molar-refractivity contribution >= 4 is 0 Å². The molecular weight excluding hydrogens is 256 g/mol. The van der Waals surface area contributed by atoms with Crippen molar-refractivity contribution in [2.45, 2.75) is 69.6 Å². The zero-order valence-electron chi connectivity index (χ0n) is 11.1. The Hall–Kier alpha value is -0.280. The summed E-state index contributed by atoms with van der Waals surface area (Å²) < 4.78 is 5.07. The summed E-state index contributed by atoms with van der Waals surface area (Å²) in [7, 11) is 0. The van der Waals surface area contributed by atoms with E-state index in [1.807, 2.05) is 0 Å². The maximum Gasteiger partial charge on any atom is 0.181 e. The van der Waals surface area contributed by atoms with E-state index in [2.05, 4.69) is 0 Å². The molecule has 6 N–H and O–H groups in total. The van der Waals surface area contributed by atoms with Crippen molar-refractivity contribution in [2.75, 3.05) is 0 Å². The average Bonchev–Trinajstić information content (AvgIpc) is 2.32. The van der Waals surface area contributed by atoms with Crippen LogP contribution < -0.4 is 0 Å². The maximum atomic E-state index is 10.0. The van der Waals surface area contributed by atoms with Gasteiger partial charge in [-0.2, -0.15) is 0 Å². The highest BCUT2D eigenvalue weighted by atomic mass is 16.6. The van der Waals surface area contributed by atoms with Gasteiger partial charge in [0.15, 0.2) is 6.29 Å². The molecule has 1 heterocycles. The first kappa shape index (κ1) is 16.8. The van der Waals surface area contributed by atoms with Gasteiger partial charge in [-0.25, -0.2) is 0 Å². The Morgan fingerprint density at radius 1 is 1.16 bits per heavy atom. The molecule has 0 amide bonds. The van der Waals surface area contributed by atoms with E-state index >= 15 is 0 Å². The number of hydrogen-bond donors (Lipinski definition) is 6. The van der Waals surface area contributed by atoms with E-state index in [0.29, 0.717) is 0 Å². The Balaban J connectivity index is 2.55. The van der Waals surface area contributed by atoms with E-state index in [1.165, 1.54) is 6.92 Å². The second kappa shape index (κ2) is 6.94. The van der Waals surface area contributed by atoms with Crippen LogP contribution in [0.3, 0.4) is 0 Å². The van der Waals surface area contributed by atoms with Crippen molar-refractivity contribution in [2.24, 2.45) is 5.92 Å². The molecule has 0 bridgehead atoms. The topological polar surface area (TPSA) is 131 Å². The molecule has 1 saturated heterocycles. The summed E-state index contributed by atoms with van der Waals surface area (Å²) in [5.74, 6) is -0.464. The van der Waals surface area contributed by atoms with Crippen LogP contribution in [0.25, 0.3) is 0 Å². The SMILES string of the molecule is C[C@H](O)[C@@H](O)[C@H](O)C[C@H](O)[C@H]1C[C@@H](O)[C@@H](O)O[C@@H]1C. The number of aliphatic hydroxyl groups is 6. The lowest BCUT2D eigenvalue weighted by atomic mass is 9.84. The van der Waals surface area contributed by atoms with Crippen LogP contribution in [-0.2, 0) is 4.74 Å². The first-order valence-electron chi connectivity index (χ1n) is 6.47. The molecule has 1 aliphatic rings. The quantitative estimate of drug-likeness (QED) is 0.341. The third-order valence-corrected chi connectivity index (χ3v) is 3.67. The Labute approximate surface area is 112 Å². The molecular formula is C12H24O7. The molecule has 7 nitrogen and oxygen atoms in total. The van der Waals surface area contributed by atoms with Gasteiger partial charge in [0.1, 0.15) is 12.2 Å². The third kappa shape index (κ3) is 4.35. The molecule has 0 spiro atoms. The highest BCUT2D eigenvalue weighted by Gasteiger charge is 2.39. The summed E-state index contributed by atoms with van der Waals surface area (Å²) in [6, 6.07) is 0. The minimum absolute atomic E-state index is 0.140. The predicted molar refractivity (Wildman–Crippen MR) is 65.0 cm³/mol. The maximum absolute atomic E-state index is 10.0. The summed E-state index contributed by atoms with van der Waals surface area (Å²) in [5, 5.41) is 57.1. The van der Waals surface area contributed by atoms with E-state index in [0.717, 1.165) is 0 Å². The van der Waals surface area contributed by atoms with Crippen LogP contribution in [0.4, 0.5) is 0 Å². The molecule has 0 saturated carbocycles. The van der Waals surface area contributed by atoms with Gasteiger partial charge in [-0.1, -0.05) is 0 Å². The summed E-state index contributed by atoms with van der Waals surface area (Å²) in [6.45, 7) is 2.99. The third-order valence-electron chi connectivity index (χ3n) is 3.67. The summed E-state index contributed by atoms with van der Waals surface area (Å²) in [5.41, 5.74) is 0. The van der Waals surface area contributed by atoms with Crippen molar-refractivity contribution in [1.29, 1.82) is 0 Å². The molecule has 1 fully saturated rings. The van der Waals surface area contributed by atoms with Crippen molar-refractivity contribution < 1.29 is 35.4 Å². The lowest BCUT2D eigenvalue weighted by molar-refractivity contribution is -0.240. The predicted octanol–water partition coefficient (Wildman–Crippen LogP) is -2.06. The van der Waals surface area contributed by atoms with Crippen LogP contribution in [-0.4, -0.2) is 73.6 Å². The number of aliphatic hydroxyl groups excluding tert-OH is 6. The fourth-order valence-corrected chi connectivity index (χ4v) is 2.35. The standard InChI is InChI=1S/C12H24O7/c1-5(13)11(17)9(15)4-8(14)7-3-10(16)12(18)19-6(7)2/h5-18H,3-4H2,1-2H3/t5-,6+,7-,8-,9+,10+,11+,12-/m0/s1. The summed E-state index contributed by atoms with van der Waals surface area (Å²) >= 11 is 0. The highest BCUT2D eigenvalue weighted by molar-refractivity contribution is 4.86. The molecule has 0 aromatic rings. The van der Waals surface area contributed by atoms with Crippen LogP contribution in [0.5, 0.6) is 0 Å². The molecule has 0 aromatic carbocycles. The average molecular weight is 280 g/mol. The molecule has 0 aliphatic carbocycles. The molecule has 114 valence electrons. The van der Waals surface area contributed by atoms with Crippen LogP contribution in [0.1, 0.15) is 26.7 Å². The molecule has 8 atom stereocenters. The second-order valence-corrected chi connectivity index (χ2v) is 5.30. The monoisotopic (exact) mass is 280 g/mol. The molecule has 1 rings (SSSR count). The minimum Gasteiger partial charge on any atom is -0.393 e. The van der Waals surface area contributed by atoms with Gasteiger partial charge in [0.25, 0.3) is 0 Å². The lowest BCUT2D eigenvalue weighted by Crippen LogP contribution is -2.48. The normalized spacial score (nSPS) is 38.5. The van der Waals surface area contributed by atoms with Gasteiger partial charge in [0, 0.05) is 12.3 Å². The Kier molecular flexibility index (Phi) is 6.13. The number of ether oxygens (including phenoxy) is 1. The molecule has 0 aromatic heterocycles. The van der Waals surface area contributed by atoms with E-state index < -0.39 is 48.8 Å². The highest BCUT2D eigenvalue weighted by Crippen LogP contribution is 2.29. The fraction of sp³-hybridized carbons (Fsp3) is 1.00. The van der Waals surface area contributed by atoms with Crippen LogP contribution in [0.2, 0.25) is 0 Å². The van der Waals surface area contributed by atoms with E-state index in [9.17, 15) is 25.5 Å². The Morgan fingerprint density at radius 3 is 2.26 bits per heavy atom. The smallest absolute Gasteiger partial charge is 0.181 e. The molecule has 19 heavy (non-hydrogen) atoms. The zero-order chi connectivity index (χ0) is 14.7.